The number of alkyl halides is 3. The van der Waals surface area contributed by atoms with Crippen molar-refractivity contribution in [3.63, 3.8) is 0 Å². The zero-order chi connectivity index (χ0) is 12.6. The molecule has 0 atom stereocenters. The topological polar surface area (TPSA) is 29.3 Å². The Morgan fingerprint density at radius 3 is 2.47 bits per heavy atom. The highest BCUT2D eigenvalue weighted by Gasteiger charge is 2.38. The number of nitrogens with zero attached hydrogens (tertiary/aromatic N) is 1. The van der Waals surface area contributed by atoms with Crippen LogP contribution in [0.15, 0.2) is 18.2 Å². The molecule has 0 aromatic heterocycles. The summed E-state index contributed by atoms with van der Waals surface area (Å²) >= 11 is 5.73. The summed E-state index contributed by atoms with van der Waals surface area (Å²) in [6.07, 6.45) is -2.68. The van der Waals surface area contributed by atoms with Gasteiger partial charge in [-0.2, -0.15) is 13.2 Å². The van der Waals surface area contributed by atoms with E-state index in [-0.39, 0.29) is 11.7 Å². The standard InChI is InChI=1S/C11H12ClF3N2/c12-7-1-4-10(9(16)5-7)17(8-2-3-8)6-11(13,14)15/h1,4-5,8H,2-3,6,16H2. The Morgan fingerprint density at radius 1 is 1.35 bits per heavy atom. The molecule has 1 aliphatic rings. The van der Waals surface area contributed by atoms with Gasteiger partial charge in [0.05, 0.1) is 11.4 Å². The van der Waals surface area contributed by atoms with E-state index in [1.165, 1.54) is 11.0 Å². The van der Waals surface area contributed by atoms with E-state index in [4.69, 9.17) is 17.3 Å². The van der Waals surface area contributed by atoms with Crippen molar-refractivity contribution in [2.45, 2.75) is 25.1 Å². The van der Waals surface area contributed by atoms with Gasteiger partial charge in [0.15, 0.2) is 0 Å². The van der Waals surface area contributed by atoms with Gasteiger partial charge in [-0.1, -0.05) is 11.6 Å². The molecule has 1 aromatic rings. The molecule has 0 spiro atoms. The van der Waals surface area contributed by atoms with E-state index >= 15 is 0 Å². The molecule has 0 aliphatic heterocycles. The van der Waals surface area contributed by atoms with E-state index < -0.39 is 12.7 Å². The number of benzene rings is 1. The molecule has 2 nitrogen and oxygen atoms in total. The molecule has 94 valence electrons. The second-order valence-electron chi connectivity index (χ2n) is 4.18. The average Bonchev–Trinajstić information content (AvgIpc) is 2.96. The van der Waals surface area contributed by atoms with Crippen molar-refractivity contribution in [1.82, 2.24) is 0 Å². The SMILES string of the molecule is Nc1cc(Cl)ccc1N(CC(F)(F)F)C1CC1. The second kappa shape index (κ2) is 4.29. The van der Waals surface area contributed by atoms with Gasteiger partial charge in [0.1, 0.15) is 6.54 Å². The third kappa shape index (κ3) is 3.19. The van der Waals surface area contributed by atoms with Gasteiger partial charge in [-0.15, -0.1) is 0 Å². The zero-order valence-electron chi connectivity index (χ0n) is 8.97. The van der Waals surface area contributed by atoms with Crippen molar-refractivity contribution < 1.29 is 13.2 Å². The lowest BCUT2D eigenvalue weighted by atomic mass is 10.2. The molecule has 0 radical (unpaired) electrons. The van der Waals surface area contributed by atoms with Gasteiger partial charge in [0, 0.05) is 11.1 Å². The highest BCUT2D eigenvalue weighted by molar-refractivity contribution is 6.31. The highest BCUT2D eigenvalue weighted by atomic mass is 35.5. The van der Waals surface area contributed by atoms with Crippen molar-refractivity contribution in [2.75, 3.05) is 17.2 Å². The summed E-state index contributed by atoms with van der Waals surface area (Å²) in [5.74, 6) is 0. The van der Waals surface area contributed by atoms with E-state index in [9.17, 15) is 13.2 Å². The Balaban J connectivity index is 2.26. The van der Waals surface area contributed by atoms with Gasteiger partial charge in [-0.05, 0) is 31.0 Å². The Bertz CT molecular complexity index is 416. The van der Waals surface area contributed by atoms with Crippen molar-refractivity contribution in [3.8, 4) is 0 Å². The lowest BCUT2D eigenvalue weighted by Crippen LogP contribution is -2.36. The maximum Gasteiger partial charge on any atom is 0.405 e. The van der Waals surface area contributed by atoms with E-state index in [0.29, 0.717) is 10.7 Å². The number of nitrogens with two attached hydrogens (primary N) is 1. The largest absolute Gasteiger partial charge is 0.405 e. The van der Waals surface area contributed by atoms with Crippen LogP contribution in [0.25, 0.3) is 0 Å². The average molecular weight is 265 g/mol. The molecular formula is C11H12ClF3N2. The van der Waals surface area contributed by atoms with Gasteiger partial charge in [0.25, 0.3) is 0 Å². The first-order valence-corrected chi connectivity index (χ1v) is 5.63. The second-order valence-corrected chi connectivity index (χ2v) is 4.61. The molecule has 0 amide bonds. The summed E-state index contributed by atoms with van der Waals surface area (Å²) in [7, 11) is 0. The van der Waals surface area contributed by atoms with E-state index in [1.54, 1.807) is 12.1 Å². The molecule has 1 aromatic carbocycles. The Morgan fingerprint density at radius 2 is 2.00 bits per heavy atom. The molecule has 0 bridgehead atoms. The van der Waals surface area contributed by atoms with E-state index in [1.807, 2.05) is 0 Å². The normalized spacial score (nSPS) is 16.0. The minimum atomic E-state index is -4.23. The first-order chi connectivity index (χ1) is 7.87. The third-order valence-corrected chi connectivity index (χ3v) is 2.87. The predicted octanol–water partition coefficient (Wildman–Crippen LogP) is 3.45. The summed E-state index contributed by atoms with van der Waals surface area (Å²) in [5.41, 5.74) is 6.41. The van der Waals surface area contributed by atoms with Crippen molar-refractivity contribution in [3.05, 3.63) is 23.2 Å². The number of anilines is 2. The Labute approximate surface area is 102 Å². The molecule has 1 saturated carbocycles. The van der Waals surface area contributed by atoms with Crippen LogP contribution >= 0.6 is 11.6 Å². The Kier molecular flexibility index (Phi) is 3.12. The molecule has 0 unspecified atom stereocenters. The van der Waals surface area contributed by atoms with Gasteiger partial charge >= 0.3 is 6.18 Å². The fourth-order valence-corrected chi connectivity index (χ4v) is 1.96. The molecule has 1 fully saturated rings. The van der Waals surface area contributed by atoms with Crippen LogP contribution in [0, 0.1) is 0 Å². The zero-order valence-corrected chi connectivity index (χ0v) is 9.72. The van der Waals surface area contributed by atoms with E-state index in [0.717, 1.165) is 12.8 Å². The van der Waals surface area contributed by atoms with Gasteiger partial charge < -0.3 is 10.6 Å². The van der Waals surface area contributed by atoms with Crippen molar-refractivity contribution in [2.24, 2.45) is 0 Å². The third-order valence-electron chi connectivity index (χ3n) is 2.64. The quantitative estimate of drug-likeness (QED) is 0.847. The van der Waals surface area contributed by atoms with Gasteiger partial charge in [0.2, 0.25) is 0 Å². The number of halogens is 4. The summed E-state index contributed by atoms with van der Waals surface area (Å²) in [5, 5.41) is 0.425. The number of nitrogen functional groups attached to an aromatic ring is 1. The van der Waals surface area contributed by atoms with Crippen molar-refractivity contribution >= 4 is 23.0 Å². The fraction of sp³-hybridized carbons (Fsp3) is 0.455. The lowest BCUT2D eigenvalue weighted by molar-refractivity contribution is -0.119. The molecular weight excluding hydrogens is 253 g/mol. The summed E-state index contributed by atoms with van der Waals surface area (Å²) in [6.45, 7) is -0.969. The number of hydrogen-bond donors (Lipinski definition) is 1. The fourth-order valence-electron chi connectivity index (χ4n) is 1.78. The highest BCUT2D eigenvalue weighted by Crippen LogP contribution is 2.37. The van der Waals surface area contributed by atoms with Gasteiger partial charge in [-0.3, -0.25) is 0 Å². The maximum atomic E-state index is 12.5. The van der Waals surface area contributed by atoms with Crippen LogP contribution in [-0.4, -0.2) is 18.8 Å². The lowest BCUT2D eigenvalue weighted by Gasteiger charge is -2.27. The summed E-state index contributed by atoms with van der Waals surface area (Å²) < 4.78 is 37.4. The minimum Gasteiger partial charge on any atom is -0.397 e. The molecule has 6 heteroatoms. The molecule has 1 aliphatic carbocycles. The monoisotopic (exact) mass is 264 g/mol. The molecule has 0 heterocycles. The number of hydrogen-bond acceptors (Lipinski definition) is 2. The summed E-state index contributed by atoms with van der Waals surface area (Å²) in [4.78, 5) is 1.31. The molecule has 2 rings (SSSR count). The Hall–Kier alpha value is -1.10. The van der Waals surface area contributed by atoms with Gasteiger partial charge in [-0.25, -0.2) is 0 Å². The van der Waals surface area contributed by atoms with Crippen LogP contribution in [0.4, 0.5) is 24.5 Å². The predicted molar refractivity (Wildman–Crippen MR) is 62.3 cm³/mol. The maximum absolute atomic E-state index is 12.5. The van der Waals surface area contributed by atoms with Crippen LogP contribution in [-0.2, 0) is 0 Å². The smallest absolute Gasteiger partial charge is 0.397 e. The van der Waals surface area contributed by atoms with Crippen LogP contribution in [0.5, 0.6) is 0 Å². The minimum absolute atomic E-state index is 0.0555. The molecule has 17 heavy (non-hydrogen) atoms. The van der Waals surface area contributed by atoms with Crippen LogP contribution < -0.4 is 10.6 Å². The summed E-state index contributed by atoms with van der Waals surface area (Å²) in [6, 6.07) is 4.52. The molecule has 2 N–H and O–H groups in total. The van der Waals surface area contributed by atoms with Crippen LogP contribution in [0.2, 0.25) is 5.02 Å². The van der Waals surface area contributed by atoms with Crippen LogP contribution in [0.1, 0.15) is 12.8 Å². The first kappa shape index (κ1) is 12.4. The van der Waals surface area contributed by atoms with E-state index in [2.05, 4.69) is 0 Å². The van der Waals surface area contributed by atoms with Crippen LogP contribution in [0.3, 0.4) is 0 Å². The number of rotatable bonds is 3. The van der Waals surface area contributed by atoms with Crippen molar-refractivity contribution in [1.29, 1.82) is 0 Å². The first-order valence-electron chi connectivity index (χ1n) is 5.25. The molecule has 0 saturated heterocycles.